The molecule has 1 amide bonds. The van der Waals surface area contributed by atoms with Crippen LogP contribution in [0.4, 0.5) is 0 Å². The van der Waals surface area contributed by atoms with Crippen molar-refractivity contribution in [3.8, 4) is 17.6 Å². The zero-order valence-electron chi connectivity index (χ0n) is 16.2. The number of rotatable bonds is 8. The minimum atomic E-state index is -0.328. The largest absolute Gasteiger partial charge is 0.493 e. The monoisotopic (exact) mass is 406 g/mol. The molecule has 0 unspecified atom stereocenters. The summed E-state index contributed by atoms with van der Waals surface area (Å²) in [6.45, 7) is 4.09. The van der Waals surface area contributed by atoms with Gasteiger partial charge in [0.2, 0.25) is 5.91 Å². The fourth-order valence-electron chi connectivity index (χ4n) is 3.12. The molecule has 1 heterocycles. The highest BCUT2D eigenvalue weighted by Gasteiger charge is 2.30. The van der Waals surface area contributed by atoms with Crippen molar-refractivity contribution in [2.75, 3.05) is 12.9 Å². The van der Waals surface area contributed by atoms with Gasteiger partial charge in [-0.1, -0.05) is 42.5 Å². The molecule has 5 nitrogen and oxygen atoms in total. The van der Waals surface area contributed by atoms with E-state index < -0.39 is 0 Å². The first kappa shape index (κ1) is 20.6. The van der Waals surface area contributed by atoms with E-state index >= 15 is 0 Å². The minimum Gasteiger partial charge on any atom is -0.493 e. The number of ether oxygens (including phenoxy) is 2. The summed E-state index contributed by atoms with van der Waals surface area (Å²) in [5, 5.41) is 13.2. The number of allylic oxidation sites excluding steroid dienone is 1. The second-order valence-electron chi connectivity index (χ2n) is 6.44. The van der Waals surface area contributed by atoms with Crippen LogP contribution >= 0.6 is 11.8 Å². The van der Waals surface area contributed by atoms with Crippen molar-refractivity contribution >= 4 is 17.7 Å². The molecule has 0 aliphatic carbocycles. The molecule has 0 radical (unpaired) electrons. The molecule has 1 aliphatic heterocycles. The maximum absolute atomic E-state index is 12.3. The SMILES string of the molecule is C=CCSC1=C(C#N)[C@@H](c2ccc(OC)c(OCc3ccccc3)c2)CC(=O)N1. The molecule has 1 atom stereocenters. The quantitative estimate of drug-likeness (QED) is 0.652. The highest BCUT2D eigenvalue weighted by atomic mass is 32.2. The second kappa shape index (κ2) is 9.85. The molecule has 0 spiro atoms. The van der Waals surface area contributed by atoms with Gasteiger partial charge in [-0.2, -0.15) is 5.26 Å². The van der Waals surface area contributed by atoms with Crippen molar-refractivity contribution in [3.63, 3.8) is 0 Å². The van der Waals surface area contributed by atoms with Crippen LogP contribution in [0.2, 0.25) is 0 Å². The molecule has 0 fully saturated rings. The molecule has 2 aromatic carbocycles. The van der Waals surface area contributed by atoms with Gasteiger partial charge in [-0.05, 0) is 23.3 Å². The first-order valence-corrected chi connectivity index (χ1v) is 10.2. The summed E-state index contributed by atoms with van der Waals surface area (Å²) in [6.07, 6.45) is 1.96. The maximum Gasteiger partial charge on any atom is 0.225 e. The molecule has 0 saturated heterocycles. The summed E-state index contributed by atoms with van der Waals surface area (Å²) >= 11 is 1.40. The predicted molar refractivity (Wildman–Crippen MR) is 115 cm³/mol. The van der Waals surface area contributed by atoms with Crippen LogP contribution in [0, 0.1) is 11.3 Å². The normalized spacial score (nSPS) is 16.0. The van der Waals surface area contributed by atoms with Crippen LogP contribution < -0.4 is 14.8 Å². The van der Waals surface area contributed by atoms with Crippen molar-refractivity contribution in [3.05, 3.63) is 82.9 Å². The van der Waals surface area contributed by atoms with Gasteiger partial charge < -0.3 is 14.8 Å². The van der Waals surface area contributed by atoms with Gasteiger partial charge in [0.15, 0.2) is 11.5 Å². The van der Waals surface area contributed by atoms with Gasteiger partial charge in [-0.3, -0.25) is 4.79 Å². The molecule has 3 rings (SSSR count). The summed E-state index contributed by atoms with van der Waals surface area (Å²) in [4.78, 5) is 12.3. The Kier molecular flexibility index (Phi) is 6.99. The number of nitriles is 1. The van der Waals surface area contributed by atoms with E-state index in [0.717, 1.165) is 11.1 Å². The zero-order chi connectivity index (χ0) is 20.6. The lowest BCUT2D eigenvalue weighted by atomic mass is 9.87. The number of hydrogen-bond donors (Lipinski definition) is 1. The molecule has 0 aromatic heterocycles. The molecule has 29 heavy (non-hydrogen) atoms. The molecule has 148 valence electrons. The van der Waals surface area contributed by atoms with Gasteiger partial charge in [0.05, 0.1) is 23.8 Å². The fourth-order valence-corrected chi connectivity index (χ4v) is 3.93. The number of benzene rings is 2. The molecule has 0 saturated carbocycles. The Hall–Kier alpha value is -3.17. The number of amides is 1. The summed E-state index contributed by atoms with van der Waals surface area (Å²) in [5.41, 5.74) is 2.44. The molecular weight excluding hydrogens is 384 g/mol. The lowest BCUT2D eigenvalue weighted by molar-refractivity contribution is -0.120. The average molecular weight is 407 g/mol. The number of hydrogen-bond acceptors (Lipinski definition) is 5. The zero-order valence-corrected chi connectivity index (χ0v) is 17.0. The topological polar surface area (TPSA) is 71.3 Å². The molecule has 1 N–H and O–H groups in total. The standard InChI is InChI=1S/C23H22N2O3S/c1-3-11-29-23-19(14-24)18(13-22(26)25-23)17-9-10-20(27-2)21(12-17)28-15-16-7-5-4-6-8-16/h3-10,12,18H,1,11,13,15H2,2H3,(H,25,26)/t18-/m1/s1. The number of nitrogens with zero attached hydrogens (tertiary/aromatic N) is 1. The Labute approximate surface area is 175 Å². The number of nitrogens with one attached hydrogen (secondary N) is 1. The molecule has 1 aliphatic rings. The number of thioether (sulfide) groups is 1. The van der Waals surface area contributed by atoms with Crippen LogP contribution in [0.3, 0.4) is 0 Å². The number of carbonyl (C=O) groups is 1. The molecule has 2 aromatic rings. The summed E-state index contributed by atoms with van der Waals surface area (Å²) in [5.74, 6) is 1.36. The number of carbonyl (C=O) groups excluding carboxylic acids is 1. The van der Waals surface area contributed by atoms with Gasteiger partial charge in [0, 0.05) is 18.1 Å². The van der Waals surface area contributed by atoms with Crippen molar-refractivity contribution in [2.45, 2.75) is 18.9 Å². The average Bonchev–Trinajstić information content (AvgIpc) is 2.76. The maximum atomic E-state index is 12.3. The Bertz CT molecular complexity index is 964. The van der Waals surface area contributed by atoms with Crippen LogP contribution in [-0.4, -0.2) is 18.8 Å². The third-order valence-electron chi connectivity index (χ3n) is 4.53. The van der Waals surface area contributed by atoms with Gasteiger partial charge in [-0.25, -0.2) is 0 Å². The Balaban J connectivity index is 1.91. The summed E-state index contributed by atoms with van der Waals surface area (Å²) in [7, 11) is 1.59. The van der Waals surface area contributed by atoms with E-state index in [2.05, 4.69) is 18.0 Å². The Morgan fingerprint density at radius 1 is 1.28 bits per heavy atom. The van der Waals surface area contributed by atoms with E-state index in [9.17, 15) is 10.1 Å². The van der Waals surface area contributed by atoms with E-state index in [1.165, 1.54) is 11.8 Å². The smallest absolute Gasteiger partial charge is 0.225 e. The van der Waals surface area contributed by atoms with Gasteiger partial charge in [-0.15, -0.1) is 18.3 Å². The van der Waals surface area contributed by atoms with Crippen LogP contribution in [0.1, 0.15) is 23.5 Å². The first-order chi connectivity index (χ1) is 14.2. The second-order valence-corrected chi connectivity index (χ2v) is 7.47. The summed E-state index contributed by atoms with van der Waals surface area (Å²) in [6, 6.07) is 17.7. The molecule has 6 heteroatoms. The van der Waals surface area contributed by atoms with Crippen LogP contribution in [0.15, 0.2) is 71.8 Å². The lowest BCUT2D eigenvalue weighted by Gasteiger charge is -2.25. The van der Waals surface area contributed by atoms with Gasteiger partial charge in [0.25, 0.3) is 0 Å². The predicted octanol–water partition coefficient (Wildman–Crippen LogP) is 4.53. The van der Waals surface area contributed by atoms with Crippen molar-refractivity contribution in [1.82, 2.24) is 5.32 Å². The van der Waals surface area contributed by atoms with E-state index in [1.54, 1.807) is 13.2 Å². The van der Waals surface area contributed by atoms with E-state index in [1.807, 2.05) is 48.5 Å². The van der Waals surface area contributed by atoms with E-state index in [0.29, 0.717) is 34.5 Å². The fraction of sp³-hybridized carbons (Fsp3) is 0.217. The van der Waals surface area contributed by atoms with Gasteiger partial charge >= 0.3 is 0 Å². The van der Waals surface area contributed by atoms with Crippen LogP contribution in [-0.2, 0) is 11.4 Å². The summed E-state index contributed by atoms with van der Waals surface area (Å²) < 4.78 is 11.4. The van der Waals surface area contributed by atoms with Crippen molar-refractivity contribution in [2.24, 2.45) is 0 Å². The molecular formula is C23H22N2O3S. The molecule has 0 bridgehead atoms. The first-order valence-electron chi connectivity index (χ1n) is 9.18. The van der Waals surface area contributed by atoms with Gasteiger partial charge in [0.1, 0.15) is 6.61 Å². The third-order valence-corrected chi connectivity index (χ3v) is 5.54. The third kappa shape index (κ3) is 5.01. The van der Waals surface area contributed by atoms with E-state index in [4.69, 9.17) is 9.47 Å². The van der Waals surface area contributed by atoms with Crippen LogP contribution in [0.25, 0.3) is 0 Å². The lowest BCUT2D eigenvalue weighted by Crippen LogP contribution is -2.30. The highest BCUT2D eigenvalue weighted by molar-refractivity contribution is 8.03. The number of methoxy groups -OCH3 is 1. The van der Waals surface area contributed by atoms with E-state index in [-0.39, 0.29) is 18.2 Å². The van der Waals surface area contributed by atoms with Crippen molar-refractivity contribution < 1.29 is 14.3 Å². The Morgan fingerprint density at radius 2 is 2.07 bits per heavy atom. The van der Waals surface area contributed by atoms with Crippen LogP contribution in [0.5, 0.6) is 11.5 Å². The Morgan fingerprint density at radius 3 is 2.76 bits per heavy atom. The van der Waals surface area contributed by atoms with Crippen molar-refractivity contribution in [1.29, 1.82) is 5.26 Å². The highest BCUT2D eigenvalue weighted by Crippen LogP contribution is 2.39. The minimum absolute atomic E-state index is 0.108.